The molecule has 3 N–H and O–H groups in total. The molecule has 1 rings (SSSR count). The van der Waals surface area contributed by atoms with Crippen LogP contribution in [-0.4, -0.2) is 36.1 Å². The van der Waals surface area contributed by atoms with Crippen LogP contribution in [0.25, 0.3) is 0 Å². The maximum absolute atomic E-state index is 11.6. The van der Waals surface area contributed by atoms with Crippen LogP contribution in [0.4, 0.5) is 0 Å². The lowest BCUT2D eigenvalue weighted by molar-refractivity contribution is -0.128. The number of aliphatic hydroxyl groups excluding tert-OH is 1. The number of amides is 2. The highest BCUT2D eigenvalue weighted by molar-refractivity contribution is 5.85. The fraction of sp³-hybridized carbons (Fsp3) is 0.833. The number of carbonyl (C=O) groups is 2. The second-order valence-electron chi connectivity index (χ2n) is 4.69. The molecule has 1 aliphatic carbocycles. The van der Waals surface area contributed by atoms with Crippen molar-refractivity contribution in [3.63, 3.8) is 0 Å². The van der Waals surface area contributed by atoms with E-state index >= 15 is 0 Å². The van der Waals surface area contributed by atoms with E-state index in [9.17, 15) is 9.59 Å². The molecular formula is C12H22N2O3. The minimum Gasteiger partial charge on any atom is -0.393 e. The second-order valence-corrected chi connectivity index (χ2v) is 4.69. The van der Waals surface area contributed by atoms with Gasteiger partial charge in [0.05, 0.1) is 12.6 Å². The average molecular weight is 242 g/mol. The van der Waals surface area contributed by atoms with Crippen molar-refractivity contribution in [3.05, 3.63) is 0 Å². The molecule has 1 fully saturated rings. The third-order valence-electron chi connectivity index (χ3n) is 3.03. The molecule has 1 aliphatic rings. The second kappa shape index (κ2) is 7.27. The van der Waals surface area contributed by atoms with Gasteiger partial charge in [0.25, 0.3) is 0 Å². The Kier molecular flexibility index (Phi) is 5.97. The van der Waals surface area contributed by atoms with E-state index in [1.54, 1.807) is 6.92 Å². The summed E-state index contributed by atoms with van der Waals surface area (Å²) < 4.78 is 0. The van der Waals surface area contributed by atoms with Crippen molar-refractivity contribution in [2.75, 3.05) is 13.1 Å². The third-order valence-corrected chi connectivity index (χ3v) is 3.03. The van der Waals surface area contributed by atoms with Gasteiger partial charge < -0.3 is 15.7 Å². The molecule has 0 spiro atoms. The maximum Gasteiger partial charge on any atom is 0.239 e. The zero-order valence-corrected chi connectivity index (χ0v) is 10.4. The van der Waals surface area contributed by atoms with Crippen LogP contribution in [0.5, 0.6) is 0 Å². The first-order valence-electron chi connectivity index (χ1n) is 6.32. The lowest BCUT2D eigenvalue weighted by Crippen LogP contribution is -2.39. The summed E-state index contributed by atoms with van der Waals surface area (Å²) in [6.45, 7) is 2.15. The number of aliphatic hydroxyl groups is 1. The SMILES string of the molecule is CC(O)CCNC(=O)CNC(=O)C1CCCC1. The summed E-state index contributed by atoms with van der Waals surface area (Å²) in [5.41, 5.74) is 0. The van der Waals surface area contributed by atoms with Crippen molar-refractivity contribution in [3.8, 4) is 0 Å². The van der Waals surface area contributed by atoms with Gasteiger partial charge >= 0.3 is 0 Å². The molecule has 0 aliphatic heterocycles. The predicted molar refractivity (Wildman–Crippen MR) is 64.3 cm³/mol. The highest BCUT2D eigenvalue weighted by atomic mass is 16.3. The molecule has 0 saturated heterocycles. The first-order valence-corrected chi connectivity index (χ1v) is 6.32. The van der Waals surface area contributed by atoms with Crippen LogP contribution >= 0.6 is 0 Å². The summed E-state index contributed by atoms with van der Waals surface area (Å²) in [6.07, 6.45) is 4.22. The van der Waals surface area contributed by atoms with Crippen molar-refractivity contribution < 1.29 is 14.7 Å². The Labute approximate surface area is 102 Å². The summed E-state index contributed by atoms with van der Waals surface area (Å²) in [5, 5.41) is 14.3. The van der Waals surface area contributed by atoms with E-state index in [2.05, 4.69) is 10.6 Å². The predicted octanol–water partition coefficient (Wildman–Crippen LogP) is 0.180. The van der Waals surface area contributed by atoms with E-state index in [-0.39, 0.29) is 24.3 Å². The molecule has 17 heavy (non-hydrogen) atoms. The van der Waals surface area contributed by atoms with Crippen LogP contribution in [0.15, 0.2) is 0 Å². The van der Waals surface area contributed by atoms with E-state index in [0.717, 1.165) is 25.7 Å². The van der Waals surface area contributed by atoms with E-state index in [0.29, 0.717) is 13.0 Å². The molecule has 0 heterocycles. The molecule has 98 valence electrons. The van der Waals surface area contributed by atoms with Crippen LogP contribution in [0.3, 0.4) is 0 Å². The zero-order chi connectivity index (χ0) is 12.7. The Bertz CT molecular complexity index is 260. The summed E-state index contributed by atoms with van der Waals surface area (Å²) in [6, 6.07) is 0. The van der Waals surface area contributed by atoms with Crippen molar-refractivity contribution in [1.82, 2.24) is 10.6 Å². The molecule has 5 nitrogen and oxygen atoms in total. The van der Waals surface area contributed by atoms with E-state index in [1.807, 2.05) is 0 Å². The summed E-state index contributed by atoms with van der Waals surface area (Å²) in [7, 11) is 0. The van der Waals surface area contributed by atoms with Gasteiger partial charge in [0.2, 0.25) is 11.8 Å². The largest absolute Gasteiger partial charge is 0.393 e. The Morgan fingerprint density at radius 3 is 2.53 bits per heavy atom. The lowest BCUT2D eigenvalue weighted by Gasteiger charge is -2.10. The molecule has 0 bridgehead atoms. The number of hydrogen-bond acceptors (Lipinski definition) is 3. The first kappa shape index (κ1) is 14.0. The molecule has 0 aromatic heterocycles. The molecule has 2 amide bonds. The lowest BCUT2D eigenvalue weighted by atomic mass is 10.1. The van der Waals surface area contributed by atoms with Crippen LogP contribution in [-0.2, 0) is 9.59 Å². The Hall–Kier alpha value is -1.10. The Balaban J connectivity index is 2.08. The summed E-state index contributed by atoms with van der Waals surface area (Å²) in [4.78, 5) is 22.9. The molecular weight excluding hydrogens is 220 g/mol. The minimum absolute atomic E-state index is 0.00632. The molecule has 1 unspecified atom stereocenters. The summed E-state index contributed by atoms with van der Waals surface area (Å²) in [5.74, 6) is -0.106. The highest BCUT2D eigenvalue weighted by Crippen LogP contribution is 2.24. The minimum atomic E-state index is -0.414. The smallest absolute Gasteiger partial charge is 0.239 e. The molecule has 1 saturated carbocycles. The van der Waals surface area contributed by atoms with Crippen molar-refractivity contribution in [2.24, 2.45) is 5.92 Å². The Morgan fingerprint density at radius 1 is 1.29 bits per heavy atom. The summed E-state index contributed by atoms with van der Waals surface area (Å²) >= 11 is 0. The van der Waals surface area contributed by atoms with Gasteiger partial charge in [-0.2, -0.15) is 0 Å². The maximum atomic E-state index is 11.6. The van der Waals surface area contributed by atoms with Gasteiger partial charge in [-0.25, -0.2) is 0 Å². The standard InChI is InChI=1S/C12H22N2O3/c1-9(15)6-7-13-11(16)8-14-12(17)10-4-2-3-5-10/h9-10,15H,2-8H2,1H3,(H,13,16)(H,14,17). The monoisotopic (exact) mass is 242 g/mol. The van der Waals surface area contributed by atoms with Gasteiger partial charge in [0.1, 0.15) is 0 Å². The van der Waals surface area contributed by atoms with Gasteiger partial charge in [-0.3, -0.25) is 9.59 Å². The number of nitrogens with one attached hydrogen (secondary N) is 2. The number of carbonyl (C=O) groups excluding carboxylic acids is 2. The number of hydrogen-bond donors (Lipinski definition) is 3. The third kappa shape index (κ3) is 5.68. The van der Waals surface area contributed by atoms with Crippen LogP contribution in [0, 0.1) is 5.92 Å². The number of rotatable bonds is 6. The molecule has 0 radical (unpaired) electrons. The van der Waals surface area contributed by atoms with E-state index in [4.69, 9.17) is 5.11 Å². The molecule has 5 heteroatoms. The topological polar surface area (TPSA) is 78.4 Å². The highest BCUT2D eigenvalue weighted by Gasteiger charge is 2.22. The normalized spacial score (nSPS) is 17.8. The average Bonchev–Trinajstić information content (AvgIpc) is 2.78. The quantitative estimate of drug-likeness (QED) is 0.621. The van der Waals surface area contributed by atoms with Crippen LogP contribution < -0.4 is 10.6 Å². The van der Waals surface area contributed by atoms with Gasteiger partial charge in [-0.05, 0) is 26.2 Å². The van der Waals surface area contributed by atoms with Gasteiger partial charge in [-0.15, -0.1) is 0 Å². The molecule has 0 aromatic carbocycles. The van der Waals surface area contributed by atoms with Crippen molar-refractivity contribution >= 4 is 11.8 Å². The first-order chi connectivity index (χ1) is 8.09. The van der Waals surface area contributed by atoms with E-state index in [1.165, 1.54) is 0 Å². The Morgan fingerprint density at radius 2 is 1.94 bits per heavy atom. The van der Waals surface area contributed by atoms with Gasteiger partial charge in [0, 0.05) is 12.5 Å². The van der Waals surface area contributed by atoms with Crippen LogP contribution in [0.1, 0.15) is 39.0 Å². The van der Waals surface area contributed by atoms with E-state index < -0.39 is 6.10 Å². The van der Waals surface area contributed by atoms with Gasteiger partial charge in [-0.1, -0.05) is 12.8 Å². The fourth-order valence-electron chi connectivity index (χ4n) is 1.98. The van der Waals surface area contributed by atoms with Crippen molar-refractivity contribution in [2.45, 2.75) is 45.1 Å². The van der Waals surface area contributed by atoms with Gasteiger partial charge in [0.15, 0.2) is 0 Å². The molecule has 0 aromatic rings. The fourth-order valence-corrected chi connectivity index (χ4v) is 1.98. The molecule has 1 atom stereocenters. The van der Waals surface area contributed by atoms with Crippen LogP contribution in [0.2, 0.25) is 0 Å². The zero-order valence-electron chi connectivity index (χ0n) is 10.4. The van der Waals surface area contributed by atoms with Crippen molar-refractivity contribution in [1.29, 1.82) is 0 Å².